The Morgan fingerprint density at radius 1 is 0.850 bits per heavy atom. The van der Waals surface area contributed by atoms with E-state index in [0.717, 1.165) is 35.5 Å². The average molecular weight is 268 g/mol. The second-order valence-corrected chi connectivity index (χ2v) is 4.58. The Hall–Kier alpha value is -2.22. The SMILES string of the molecule is C=CCc1c(OC)ccc2ccc(OC)c(CC=C)c12. The second-order valence-electron chi connectivity index (χ2n) is 4.58. The molecular formula is C18H20O2. The predicted molar refractivity (Wildman–Crippen MR) is 84.9 cm³/mol. The fourth-order valence-corrected chi connectivity index (χ4v) is 2.61. The second kappa shape index (κ2) is 6.29. The van der Waals surface area contributed by atoms with Crippen molar-refractivity contribution in [3.8, 4) is 11.5 Å². The smallest absolute Gasteiger partial charge is 0.123 e. The molecule has 2 nitrogen and oxygen atoms in total. The van der Waals surface area contributed by atoms with Crippen molar-refractivity contribution < 1.29 is 9.47 Å². The maximum Gasteiger partial charge on any atom is 0.123 e. The summed E-state index contributed by atoms with van der Waals surface area (Å²) in [6.45, 7) is 7.70. The van der Waals surface area contributed by atoms with E-state index in [1.807, 2.05) is 24.3 Å². The van der Waals surface area contributed by atoms with Crippen molar-refractivity contribution in [2.24, 2.45) is 0 Å². The van der Waals surface area contributed by atoms with E-state index >= 15 is 0 Å². The summed E-state index contributed by atoms with van der Waals surface area (Å²) in [6, 6.07) is 8.16. The Balaban J connectivity index is 2.86. The maximum absolute atomic E-state index is 5.50. The van der Waals surface area contributed by atoms with E-state index in [2.05, 4.69) is 25.3 Å². The highest BCUT2D eigenvalue weighted by Gasteiger charge is 2.14. The molecule has 2 aromatic carbocycles. The van der Waals surface area contributed by atoms with Crippen molar-refractivity contribution in [1.82, 2.24) is 0 Å². The minimum atomic E-state index is 0.762. The quantitative estimate of drug-likeness (QED) is 0.727. The van der Waals surface area contributed by atoms with Gasteiger partial charge >= 0.3 is 0 Å². The van der Waals surface area contributed by atoms with Gasteiger partial charge in [-0.25, -0.2) is 0 Å². The molecule has 0 aliphatic heterocycles. The van der Waals surface area contributed by atoms with Crippen LogP contribution in [-0.2, 0) is 12.8 Å². The molecule has 0 fully saturated rings. The van der Waals surface area contributed by atoms with Crippen LogP contribution in [0.2, 0.25) is 0 Å². The summed E-state index contributed by atoms with van der Waals surface area (Å²) in [5.41, 5.74) is 2.30. The van der Waals surface area contributed by atoms with Gasteiger partial charge in [-0.05, 0) is 35.7 Å². The number of hydrogen-bond acceptors (Lipinski definition) is 2. The predicted octanol–water partition coefficient (Wildman–Crippen LogP) is 4.31. The van der Waals surface area contributed by atoms with Crippen LogP contribution in [0.1, 0.15) is 11.1 Å². The van der Waals surface area contributed by atoms with E-state index in [-0.39, 0.29) is 0 Å². The maximum atomic E-state index is 5.50. The van der Waals surface area contributed by atoms with Gasteiger partial charge in [0.05, 0.1) is 14.2 Å². The third-order valence-corrected chi connectivity index (χ3v) is 3.45. The fraction of sp³-hybridized carbons (Fsp3) is 0.222. The normalized spacial score (nSPS) is 10.3. The Kier molecular flexibility index (Phi) is 4.46. The molecule has 2 aromatic rings. The number of allylic oxidation sites excluding steroid dienone is 2. The van der Waals surface area contributed by atoms with Crippen LogP contribution in [0.5, 0.6) is 11.5 Å². The lowest BCUT2D eigenvalue weighted by molar-refractivity contribution is 0.409. The first-order valence-corrected chi connectivity index (χ1v) is 6.64. The molecule has 0 spiro atoms. The van der Waals surface area contributed by atoms with Crippen LogP contribution >= 0.6 is 0 Å². The summed E-state index contributed by atoms with van der Waals surface area (Å²) in [4.78, 5) is 0. The van der Waals surface area contributed by atoms with Gasteiger partial charge in [-0.1, -0.05) is 24.3 Å². The first-order valence-electron chi connectivity index (χ1n) is 6.64. The lowest BCUT2D eigenvalue weighted by atomic mass is 9.94. The number of ether oxygens (including phenoxy) is 2. The van der Waals surface area contributed by atoms with Crippen molar-refractivity contribution in [1.29, 1.82) is 0 Å². The highest BCUT2D eigenvalue weighted by molar-refractivity contribution is 5.93. The van der Waals surface area contributed by atoms with E-state index in [9.17, 15) is 0 Å². The number of benzene rings is 2. The Bertz CT molecular complexity index is 589. The summed E-state index contributed by atoms with van der Waals surface area (Å²) in [6.07, 6.45) is 5.32. The molecule has 0 aromatic heterocycles. The number of methoxy groups -OCH3 is 2. The van der Waals surface area contributed by atoms with Gasteiger partial charge in [0.15, 0.2) is 0 Å². The molecule has 2 heteroatoms. The lowest BCUT2D eigenvalue weighted by Gasteiger charge is -2.16. The molecule has 0 saturated carbocycles. The molecule has 104 valence electrons. The Morgan fingerprint density at radius 2 is 1.30 bits per heavy atom. The van der Waals surface area contributed by atoms with Crippen molar-refractivity contribution in [2.75, 3.05) is 14.2 Å². The first-order chi connectivity index (χ1) is 9.76. The van der Waals surface area contributed by atoms with Crippen LogP contribution in [0.25, 0.3) is 10.8 Å². The van der Waals surface area contributed by atoms with Gasteiger partial charge in [0.25, 0.3) is 0 Å². The zero-order chi connectivity index (χ0) is 14.5. The van der Waals surface area contributed by atoms with Crippen LogP contribution in [0.3, 0.4) is 0 Å². The number of fused-ring (bicyclic) bond motifs is 1. The zero-order valence-corrected chi connectivity index (χ0v) is 12.1. The van der Waals surface area contributed by atoms with Gasteiger partial charge < -0.3 is 9.47 Å². The Morgan fingerprint density at radius 3 is 1.65 bits per heavy atom. The molecule has 0 unspecified atom stereocenters. The molecule has 0 saturated heterocycles. The van der Waals surface area contributed by atoms with Crippen molar-refractivity contribution in [3.63, 3.8) is 0 Å². The van der Waals surface area contributed by atoms with Gasteiger partial charge in [-0.3, -0.25) is 0 Å². The summed E-state index contributed by atoms with van der Waals surface area (Å²) >= 11 is 0. The van der Waals surface area contributed by atoms with Crippen LogP contribution in [0.4, 0.5) is 0 Å². The minimum absolute atomic E-state index is 0.762. The summed E-state index contributed by atoms with van der Waals surface area (Å²) in [5, 5.41) is 2.36. The summed E-state index contributed by atoms with van der Waals surface area (Å²) in [5.74, 6) is 1.77. The van der Waals surface area contributed by atoms with Crippen LogP contribution in [0.15, 0.2) is 49.6 Å². The molecule has 0 N–H and O–H groups in total. The van der Waals surface area contributed by atoms with Crippen LogP contribution in [-0.4, -0.2) is 14.2 Å². The number of hydrogen-bond donors (Lipinski definition) is 0. The third-order valence-electron chi connectivity index (χ3n) is 3.45. The molecule has 0 heterocycles. The average Bonchev–Trinajstić information content (AvgIpc) is 2.48. The molecule has 0 bridgehead atoms. The Labute approximate surface area is 120 Å². The zero-order valence-electron chi connectivity index (χ0n) is 12.1. The molecule has 0 aliphatic rings. The van der Waals surface area contributed by atoms with Gasteiger partial charge in [-0.2, -0.15) is 0 Å². The molecule has 0 atom stereocenters. The molecule has 20 heavy (non-hydrogen) atoms. The molecule has 0 amide bonds. The first kappa shape index (κ1) is 14.2. The van der Waals surface area contributed by atoms with Gasteiger partial charge in [0.1, 0.15) is 11.5 Å². The highest BCUT2D eigenvalue weighted by Crippen LogP contribution is 2.36. The van der Waals surface area contributed by atoms with Crippen LogP contribution in [0, 0.1) is 0 Å². The largest absolute Gasteiger partial charge is 0.496 e. The molecule has 0 aliphatic carbocycles. The van der Waals surface area contributed by atoms with Gasteiger partial charge in [-0.15, -0.1) is 13.2 Å². The standard InChI is InChI=1S/C18H20O2/c1-5-7-14-16(19-3)11-9-13-10-12-17(20-4)15(8-6-2)18(13)14/h5-6,9-12H,1-2,7-8H2,3-4H3. The molecular weight excluding hydrogens is 248 g/mol. The molecule has 2 rings (SSSR count). The molecule has 0 radical (unpaired) electrons. The van der Waals surface area contributed by atoms with E-state index in [4.69, 9.17) is 9.47 Å². The van der Waals surface area contributed by atoms with E-state index in [1.165, 1.54) is 10.8 Å². The van der Waals surface area contributed by atoms with E-state index in [0.29, 0.717) is 0 Å². The summed E-state index contributed by atoms with van der Waals surface area (Å²) in [7, 11) is 3.39. The monoisotopic (exact) mass is 268 g/mol. The number of rotatable bonds is 6. The van der Waals surface area contributed by atoms with Crippen LogP contribution < -0.4 is 9.47 Å². The van der Waals surface area contributed by atoms with Crippen molar-refractivity contribution in [3.05, 3.63) is 60.7 Å². The topological polar surface area (TPSA) is 18.5 Å². The van der Waals surface area contributed by atoms with Crippen molar-refractivity contribution >= 4 is 10.8 Å². The minimum Gasteiger partial charge on any atom is -0.496 e. The van der Waals surface area contributed by atoms with Crippen molar-refractivity contribution in [2.45, 2.75) is 12.8 Å². The summed E-state index contributed by atoms with van der Waals surface area (Å²) < 4.78 is 11.0. The van der Waals surface area contributed by atoms with E-state index in [1.54, 1.807) is 14.2 Å². The fourth-order valence-electron chi connectivity index (χ4n) is 2.61. The lowest BCUT2D eigenvalue weighted by Crippen LogP contribution is -1.98. The van der Waals surface area contributed by atoms with Gasteiger partial charge in [0.2, 0.25) is 0 Å². The third kappa shape index (κ3) is 2.42. The highest BCUT2D eigenvalue weighted by atomic mass is 16.5. The van der Waals surface area contributed by atoms with Gasteiger partial charge in [0, 0.05) is 11.1 Å². The van der Waals surface area contributed by atoms with E-state index < -0.39 is 0 Å².